The Morgan fingerprint density at radius 3 is 2.19 bits per heavy atom. The Kier molecular flexibility index (Phi) is 7.06. The fourth-order valence-electron chi connectivity index (χ4n) is 2.13. The summed E-state index contributed by atoms with van der Waals surface area (Å²) < 4.78 is 0. The number of hydrogen-bond donors (Lipinski definition) is 2. The number of aliphatic hydroxyl groups is 1. The van der Waals surface area contributed by atoms with E-state index in [1.807, 2.05) is 0 Å². The van der Waals surface area contributed by atoms with Crippen molar-refractivity contribution in [3.05, 3.63) is 0 Å². The molecule has 1 aliphatic rings. The molecule has 1 fully saturated rings. The van der Waals surface area contributed by atoms with Gasteiger partial charge in [-0.15, -0.1) is 0 Å². The third kappa shape index (κ3) is 5.86. The molecule has 1 aliphatic carbocycles. The normalized spacial score (nSPS) is 17.6. The van der Waals surface area contributed by atoms with Gasteiger partial charge in [0.05, 0.1) is 0 Å². The van der Waals surface area contributed by atoms with Crippen LogP contribution in [0, 0.1) is 5.41 Å². The minimum atomic E-state index is 0.279. The highest BCUT2D eigenvalue weighted by Crippen LogP contribution is 2.44. The SMILES string of the molecule is CCCCCCCCCNCC1(CO)CC1. The second kappa shape index (κ2) is 8.08. The van der Waals surface area contributed by atoms with Crippen LogP contribution in [0.2, 0.25) is 0 Å². The molecule has 0 spiro atoms. The summed E-state index contributed by atoms with van der Waals surface area (Å²) in [7, 11) is 0. The molecule has 2 nitrogen and oxygen atoms in total. The molecule has 0 atom stereocenters. The summed E-state index contributed by atoms with van der Waals surface area (Å²) >= 11 is 0. The summed E-state index contributed by atoms with van der Waals surface area (Å²) in [4.78, 5) is 0. The maximum absolute atomic E-state index is 9.14. The lowest BCUT2D eigenvalue weighted by Crippen LogP contribution is -2.27. The highest BCUT2D eigenvalue weighted by atomic mass is 16.3. The van der Waals surface area contributed by atoms with Crippen molar-refractivity contribution in [3.8, 4) is 0 Å². The molecule has 0 aromatic heterocycles. The summed E-state index contributed by atoms with van der Waals surface area (Å²) in [5.41, 5.74) is 0.279. The van der Waals surface area contributed by atoms with Gasteiger partial charge in [0.15, 0.2) is 0 Å². The molecule has 96 valence electrons. The Hall–Kier alpha value is -0.0800. The van der Waals surface area contributed by atoms with Gasteiger partial charge in [-0.05, 0) is 25.8 Å². The summed E-state index contributed by atoms with van der Waals surface area (Å²) in [6.45, 7) is 4.80. The van der Waals surface area contributed by atoms with Crippen molar-refractivity contribution in [2.75, 3.05) is 19.7 Å². The molecule has 0 aromatic rings. The van der Waals surface area contributed by atoms with Crippen LogP contribution in [0.25, 0.3) is 0 Å². The standard InChI is InChI=1S/C14H29NO/c1-2-3-4-5-6-7-8-11-15-12-14(13-16)9-10-14/h15-16H,2-13H2,1H3. The van der Waals surface area contributed by atoms with E-state index in [-0.39, 0.29) is 5.41 Å². The fourth-order valence-corrected chi connectivity index (χ4v) is 2.13. The van der Waals surface area contributed by atoms with Crippen molar-refractivity contribution in [1.29, 1.82) is 0 Å². The molecule has 0 unspecified atom stereocenters. The van der Waals surface area contributed by atoms with Gasteiger partial charge in [-0.1, -0.05) is 45.4 Å². The molecule has 0 saturated heterocycles. The average Bonchev–Trinajstić information content (AvgIpc) is 3.08. The van der Waals surface area contributed by atoms with Crippen LogP contribution in [0.5, 0.6) is 0 Å². The van der Waals surface area contributed by atoms with Crippen LogP contribution >= 0.6 is 0 Å². The van der Waals surface area contributed by atoms with E-state index in [9.17, 15) is 0 Å². The number of nitrogens with one attached hydrogen (secondary N) is 1. The first-order valence-corrected chi connectivity index (χ1v) is 7.14. The zero-order valence-corrected chi connectivity index (χ0v) is 10.9. The number of hydrogen-bond acceptors (Lipinski definition) is 2. The summed E-state index contributed by atoms with van der Waals surface area (Å²) in [6.07, 6.45) is 12.1. The fraction of sp³-hybridized carbons (Fsp3) is 1.00. The van der Waals surface area contributed by atoms with Crippen molar-refractivity contribution in [3.63, 3.8) is 0 Å². The van der Waals surface area contributed by atoms with Crippen LogP contribution < -0.4 is 5.32 Å². The maximum Gasteiger partial charge on any atom is 0.0499 e. The minimum Gasteiger partial charge on any atom is -0.396 e. The first-order valence-electron chi connectivity index (χ1n) is 7.14. The molecule has 1 rings (SSSR count). The zero-order chi connectivity index (χ0) is 11.7. The molecule has 16 heavy (non-hydrogen) atoms. The Morgan fingerprint density at radius 1 is 1.00 bits per heavy atom. The Labute approximate surface area is 101 Å². The Morgan fingerprint density at radius 2 is 1.62 bits per heavy atom. The van der Waals surface area contributed by atoms with Crippen LogP contribution in [0.4, 0.5) is 0 Å². The second-order valence-corrected chi connectivity index (χ2v) is 5.46. The van der Waals surface area contributed by atoms with Crippen LogP contribution in [0.15, 0.2) is 0 Å². The van der Waals surface area contributed by atoms with E-state index in [0.29, 0.717) is 6.61 Å². The number of unbranched alkanes of at least 4 members (excludes halogenated alkanes) is 6. The molecule has 0 aromatic carbocycles. The van der Waals surface area contributed by atoms with Gasteiger partial charge in [-0.25, -0.2) is 0 Å². The van der Waals surface area contributed by atoms with E-state index < -0.39 is 0 Å². The van der Waals surface area contributed by atoms with E-state index in [0.717, 1.165) is 13.1 Å². The van der Waals surface area contributed by atoms with Gasteiger partial charge < -0.3 is 10.4 Å². The first kappa shape index (κ1) is 14.0. The average molecular weight is 227 g/mol. The predicted octanol–water partition coefficient (Wildman–Crippen LogP) is 3.10. The minimum absolute atomic E-state index is 0.279. The smallest absolute Gasteiger partial charge is 0.0499 e. The molecular formula is C14H29NO. The van der Waals surface area contributed by atoms with Gasteiger partial charge in [0.2, 0.25) is 0 Å². The Balaban J connectivity index is 1.75. The van der Waals surface area contributed by atoms with Crippen LogP contribution in [0.3, 0.4) is 0 Å². The first-order chi connectivity index (χ1) is 7.83. The lowest BCUT2D eigenvalue weighted by Gasteiger charge is -2.12. The van der Waals surface area contributed by atoms with Crippen molar-refractivity contribution in [2.24, 2.45) is 5.41 Å². The lowest BCUT2D eigenvalue weighted by molar-refractivity contribution is 0.208. The van der Waals surface area contributed by atoms with Gasteiger partial charge in [-0.3, -0.25) is 0 Å². The zero-order valence-electron chi connectivity index (χ0n) is 10.9. The number of rotatable bonds is 11. The predicted molar refractivity (Wildman–Crippen MR) is 69.6 cm³/mol. The van der Waals surface area contributed by atoms with Crippen molar-refractivity contribution in [1.82, 2.24) is 5.32 Å². The van der Waals surface area contributed by atoms with Gasteiger partial charge in [0.1, 0.15) is 0 Å². The van der Waals surface area contributed by atoms with E-state index in [2.05, 4.69) is 12.2 Å². The van der Waals surface area contributed by atoms with Crippen LogP contribution in [-0.2, 0) is 0 Å². The van der Waals surface area contributed by atoms with E-state index >= 15 is 0 Å². The Bertz CT molecular complexity index is 166. The quantitative estimate of drug-likeness (QED) is 0.532. The molecule has 2 N–H and O–H groups in total. The van der Waals surface area contributed by atoms with Gasteiger partial charge in [0, 0.05) is 18.6 Å². The topological polar surface area (TPSA) is 32.3 Å². The highest BCUT2D eigenvalue weighted by molar-refractivity contribution is 4.94. The molecular weight excluding hydrogens is 198 g/mol. The van der Waals surface area contributed by atoms with Crippen LogP contribution in [0.1, 0.15) is 64.7 Å². The lowest BCUT2D eigenvalue weighted by atomic mass is 10.1. The molecule has 0 heterocycles. The highest BCUT2D eigenvalue weighted by Gasteiger charge is 2.41. The van der Waals surface area contributed by atoms with Crippen molar-refractivity contribution in [2.45, 2.75) is 64.7 Å². The second-order valence-electron chi connectivity index (χ2n) is 5.46. The molecule has 0 amide bonds. The van der Waals surface area contributed by atoms with E-state index in [1.54, 1.807) is 0 Å². The summed E-state index contributed by atoms with van der Waals surface area (Å²) in [5.74, 6) is 0. The summed E-state index contributed by atoms with van der Waals surface area (Å²) in [5, 5.41) is 12.6. The molecule has 0 bridgehead atoms. The summed E-state index contributed by atoms with van der Waals surface area (Å²) in [6, 6.07) is 0. The van der Waals surface area contributed by atoms with Gasteiger partial charge in [0.25, 0.3) is 0 Å². The van der Waals surface area contributed by atoms with Crippen LogP contribution in [-0.4, -0.2) is 24.8 Å². The van der Waals surface area contributed by atoms with E-state index in [4.69, 9.17) is 5.11 Å². The van der Waals surface area contributed by atoms with Crippen molar-refractivity contribution < 1.29 is 5.11 Å². The maximum atomic E-state index is 9.14. The van der Waals surface area contributed by atoms with E-state index in [1.165, 1.54) is 57.8 Å². The molecule has 1 saturated carbocycles. The molecule has 0 radical (unpaired) electrons. The molecule has 2 heteroatoms. The van der Waals surface area contributed by atoms with Crippen molar-refractivity contribution >= 4 is 0 Å². The molecule has 0 aliphatic heterocycles. The monoisotopic (exact) mass is 227 g/mol. The number of aliphatic hydroxyl groups excluding tert-OH is 1. The third-order valence-corrected chi connectivity index (χ3v) is 3.75. The van der Waals surface area contributed by atoms with Gasteiger partial charge >= 0.3 is 0 Å². The van der Waals surface area contributed by atoms with Gasteiger partial charge in [-0.2, -0.15) is 0 Å². The third-order valence-electron chi connectivity index (χ3n) is 3.75. The largest absolute Gasteiger partial charge is 0.396 e.